The molecule has 1 atom stereocenters. The van der Waals surface area contributed by atoms with E-state index in [1.807, 2.05) is 42.8 Å². The Morgan fingerprint density at radius 3 is 1.92 bits per heavy atom. The molecular weight excluding hydrogens is 177 g/mol. The van der Waals surface area contributed by atoms with Crippen molar-refractivity contribution in [3.05, 3.63) is 41.4 Å². The molecule has 0 aliphatic carbocycles. The standard InChI is InChI=1S/C8H10NP.3CH4/c1-10(9)7-8-5-3-2-4-6-8;;;/h2-7,9H,1H3;3*1H4. The van der Waals surface area contributed by atoms with Gasteiger partial charge in [0.1, 0.15) is 5.80 Å². The van der Waals surface area contributed by atoms with Crippen molar-refractivity contribution in [2.24, 2.45) is 0 Å². The smallest absolute Gasteiger partial charge is 0.101 e. The Kier molecular flexibility index (Phi) is 13.2. The molecule has 0 radical (unpaired) electrons. The summed E-state index contributed by atoms with van der Waals surface area (Å²) in [5.41, 5.74) is 8.48. The minimum atomic E-state index is -0.652. The minimum Gasteiger partial charge on any atom is -0.455 e. The van der Waals surface area contributed by atoms with Crippen LogP contribution in [-0.2, 0) is 0 Å². The molecule has 0 fully saturated rings. The van der Waals surface area contributed by atoms with E-state index < -0.39 is 7.70 Å². The van der Waals surface area contributed by atoms with E-state index >= 15 is 0 Å². The van der Waals surface area contributed by atoms with E-state index in [1.54, 1.807) is 0 Å². The highest BCUT2D eigenvalue weighted by molar-refractivity contribution is 7.58. The van der Waals surface area contributed by atoms with Gasteiger partial charge in [0.15, 0.2) is 0 Å². The van der Waals surface area contributed by atoms with E-state index in [1.165, 1.54) is 0 Å². The first-order valence-electron chi connectivity index (χ1n) is 3.13. The lowest BCUT2D eigenvalue weighted by Crippen LogP contribution is -1.74. The Labute approximate surface area is 84.4 Å². The number of rotatable bonds is 1. The van der Waals surface area contributed by atoms with Crippen LogP contribution in [0.3, 0.4) is 0 Å². The maximum Gasteiger partial charge on any atom is 0.101 e. The third-order valence-corrected chi connectivity index (χ3v) is 1.83. The van der Waals surface area contributed by atoms with Crippen molar-refractivity contribution in [1.29, 1.82) is 0 Å². The molecule has 1 aromatic carbocycles. The van der Waals surface area contributed by atoms with E-state index in [4.69, 9.17) is 5.50 Å². The summed E-state index contributed by atoms with van der Waals surface area (Å²) in [6, 6.07) is 10.0. The molecule has 1 unspecified atom stereocenters. The molecule has 2 heteroatoms. The molecule has 1 nitrogen and oxygen atoms in total. The largest absolute Gasteiger partial charge is 0.455 e. The average Bonchev–Trinajstić information content (AvgIpc) is 1.88. The molecule has 0 aliphatic heterocycles. The Hall–Kier alpha value is -0.650. The van der Waals surface area contributed by atoms with Crippen molar-refractivity contribution < 1.29 is 0 Å². The van der Waals surface area contributed by atoms with E-state index in [0.29, 0.717) is 0 Å². The summed E-state index contributed by atoms with van der Waals surface area (Å²) in [5, 5.41) is 0. The second kappa shape index (κ2) is 9.44. The van der Waals surface area contributed by atoms with Crippen molar-refractivity contribution in [2.75, 3.05) is 6.66 Å². The molecule has 0 spiro atoms. The van der Waals surface area contributed by atoms with Crippen LogP contribution in [0.4, 0.5) is 0 Å². The molecular formula is C11H22NP. The van der Waals surface area contributed by atoms with Gasteiger partial charge in [0.05, 0.1) is 6.66 Å². The number of nitrogens with one attached hydrogen (secondary N) is 1. The van der Waals surface area contributed by atoms with Crippen LogP contribution in [0.5, 0.6) is 0 Å². The van der Waals surface area contributed by atoms with E-state index in [0.717, 1.165) is 5.56 Å². The molecule has 0 aromatic heterocycles. The SMILES string of the molecule is C.C.C.C[P+]([NH-])=Cc1ccccc1. The molecule has 1 rings (SSSR count). The van der Waals surface area contributed by atoms with Crippen molar-refractivity contribution in [3.63, 3.8) is 0 Å². The molecule has 0 aliphatic rings. The van der Waals surface area contributed by atoms with Gasteiger partial charge in [0, 0.05) is 13.3 Å². The van der Waals surface area contributed by atoms with Crippen LogP contribution < -0.4 is 0 Å². The van der Waals surface area contributed by atoms with Gasteiger partial charge in [0.2, 0.25) is 0 Å². The minimum absolute atomic E-state index is 0. The molecule has 0 amide bonds. The Bertz CT molecular complexity index is 225. The summed E-state index contributed by atoms with van der Waals surface area (Å²) in [5.74, 6) is 1.98. The van der Waals surface area contributed by atoms with Gasteiger partial charge in [-0.3, -0.25) is 0 Å². The zero-order valence-electron chi connectivity index (χ0n) is 5.91. The predicted octanol–water partition coefficient (Wildman–Crippen LogP) is 4.82. The van der Waals surface area contributed by atoms with E-state index in [2.05, 4.69) is 0 Å². The number of benzene rings is 1. The van der Waals surface area contributed by atoms with Gasteiger partial charge in [0.25, 0.3) is 0 Å². The summed E-state index contributed by atoms with van der Waals surface area (Å²) in [4.78, 5) is 0. The Balaban J connectivity index is -0.000000333. The summed E-state index contributed by atoms with van der Waals surface area (Å²) in [6.45, 7) is 1.92. The molecule has 13 heavy (non-hydrogen) atoms. The lowest BCUT2D eigenvalue weighted by atomic mass is 10.2. The van der Waals surface area contributed by atoms with E-state index in [-0.39, 0.29) is 22.3 Å². The third-order valence-electron chi connectivity index (χ3n) is 1.14. The molecule has 76 valence electrons. The Morgan fingerprint density at radius 2 is 1.54 bits per heavy atom. The fraction of sp³-hybridized carbons (Fsp3) is 0.364. The predicted molar refractivity (Wildman–Crippen MR) is 69.0 cm³/mol. The fourth-order valence-corrected chi connectivity index (χ4v) is 1.38. The van der Waals surface area contributed by atoms with Crippen LogP contribution in [0.2, 0.25) is 0 Å². The Morgan fingerprint density at radius 1 is 1.08 bits per heavy atom. The van der Waals surface area contributed by atoms with Gasteiger partial charge >= 0.3 is 0 Å². The van der Waals surface area contributed by atoms with E-state index in [9.17, 15) is 0 Å². The molecule has 1 N–H and O–H groups in total. The topological polar surface area (TPSA) is 23.8 Å². The molecule has 0 saturated carbocycles. The van der Waals surface area contributed by atoms with Gasteiger partial charge in [-0.25, -0.2) is 0 Å². The summed E-state index contributed by atoms with van der Waals surface area (Å²) in [6.07, 6.45) is 0. The van der Waals surface area contributed by atoms with Crippen molar-refractivity contribution in [2.45, 2.75) is 22.3 Å². The summed E-state index contributed by atoms with van der Waals surface area (Å²) < 4.78 is 0. The monoisotopic (exact) mass is 199 g/mol. The van der Waals surface area contributed by atoms with Crippen LogP contribution >= 0.6 is 7.70 Å². The van der Waals surface area contributed by atoms with Crippen molar-refractivity contribution >= 4 is 13.5 Å². The third kappa shape index (κ3) is 7.70. The van der Waals surface area contributed by atoms with Crippen LogP contribution in [0.15, 0.2) is 30.3 Å². The normalized spacial score (nSPS) is 8.92. The zero-order chi connectivity index (χ0) is 7.40. The lowest BCUT2D eigenvalue weighted by molar-refractivity contribution is 1.69. The molecule has 0 bridgehead atoms. The zero-order valence-corrected chi connectivity index (χ0v) is 6.81. The molecule has 0 heterocycles. The maximum atomic E-state index is 7.32. The second-order valence-electron chi connectivity index (χ2n) is 2.15. The lowest BCUT2D eigenvalue weighted by Gasteiger charge is -1.88. The fourth-order valence-electron chi connectivity index (χ4n) is 0.763. The van der Waals surface area contributed by atoms with Gasteiger partial charge in [-0.1, -0.05) is 52.6 Å². The van der Waals surface area contributed by atoms with Crippen molar-refractivity contribution in [1.82, 2.24) is 0 Å². The summed E-state index contributed by atoms with van der Waals surface area (Å²) in [7, 11) is -0.652. The first kappa shape index (κ1) is 18.2. The van der Waals surface area contributed by atoms with Gasteiger partial charge < -0.3 is 5.50 Å². The maximum absolute atomic E-state index is 7.32. The van der Waals surface area contributed by atoms with Crippen molar-refractivity contribution in [3.8, 4) is 0 Å². The highest BCUT2D eigenvalue weighted by Crippen LogP contribution is 2.15. The highest BCUT2D eigenvalue weighted by Gasteiger charge is 1.86. The first-order chi connectivity index (χ1) is 4.79. The molecule has 0 saturated heterocycles. The van der Waals surface area contributed by atoms with Crippen LogP contribution in [-0.4, -0.2) is 12.5 Å². The quantitative estimate of drug-likeness (QED) is 0.579. The first-order valence-corrected chi connectivity index (χ1v) is 4.99. The second-order valence-corrected chi connectivity index (χ2v) is 3.63. The van der Waals surface area contributed by atoms with Crippen LogP contribution in [0.25, 0.3) is 5.50 Å². The van der Waals surface area contributed by atoms with Gasteiger partial charge in [-0.05, 0) is 0 Å². The summed E-state index contributed by atoms with van der Waals surface area (Å²) >= 11 is 0. The van der Waals surface area contributed by atoms with Gasteiger partial charge in [-0.15, -0.1) is 0 Å². The van der Waals surface area contributed by atoms with Gasteiger partial charge in [-0.2, -0.15) is 0 Å². The highest BCUT2D eigenvalue weighted by atomic mass is 31.1. The molecule has 1 aromatic rings. The number of hydrogen-bond donors (Lipinski definition) is 0. The number of hydrogen-bond acceptors (Lipinski definition) is 0. The van der Waals surface area contributed by atoms with Crippen LogP contribution in [0.1, 0.15) is 27.8 Å². The van der Waals surface area contributed by atoms with Crippen LogP contribution in [0, 0.1) is 0 Å². The average molecular weight is 199 g/mol.